The highest BCUT2D eigenvalue weighted by atomic mass is 16.5. The molecule has 6 nitrogen and oxygen atoms in total. The van der Waals surface area contributed by atoms with Gasteiger partial charge in [0.1, 0.15) is 5.75 Å². The number of amides is 1. The van der Waals surface area contributed by atoms with Crippen LogP contribution in [-0.2, 0) is 11.2 Å². The van der Waals surface area contributed by atoms with E-state index >= 15 is 0 Å². The molecule has 2 rings (SSSR count). The molecule has 0 aliphatic heterocycles. The van der Waals surface area contributed by atoms with Gasteiger partial charge in [0.15, 0.2) is 0 Å². The van der Waals surface area contributed by atoms with E-state index in [9.17, 15) is 10.0 Å². The van der Waals surface area contributed by atoms with E-state index in [1.165, 1.54) is 0 Å². The van der Waals surface area contributed by atoms with E-state index in [-0.39, 0.29) is 5.89 Å². The van der Waals surface area contributed by atoms with Crippen LogP contribution in [0.25, 0.3) is 11.1 Å². The molecule has 0 aliphatic rings. The monoisotopic (exact) mass is 236 g/mol. The summed E-state index contributed by atoms with van der Waals surface area (Å²) in [6.45, 7) is 0.364. The fourth-order valence-electron chi connectivity index (χ4n) is 1.56. The summed E-state index contributed by atoms with van der Waals surface area (Å²) in [7, 11) is 1.55. The molecule has 0 aliphatic carbocycles. The van der Waals surface area contributed by atoms with Crippen LogP contribution in [0, 0.1) is 5.21 Å². The number of hydrogen-bond donors (Lipinski definition) is 1. The average molecular weight is 236 g/mol. The van der Waals surface area contributed by atoms with Crippen molar-refractivity contribution in [3.8, 4) is 5.75 Å². The van der Waals surface area contributed by atoms with Gasteiger partial charge in [0.2, 0.25) is 12.0 Å². The second-order valence-electron chi connectivity index (χ2n) is 3.45. The van der Waals surface area contributed by atoms with Crippen molar-refractivity contribution in [3.63, 3.8) is 0 Å². The molecule has 17 heavy (non-hydrogen) atoms. The molecule has 2 aromatic rings. The number of rotatable bonds is 5. The zero-order valence-electron chi connectivity index (χ0n) is 9.30. The summed E-state index contributed by atoms with van der Waals surface area (Å²) in [4.78, 5) is 10.1. The van der Waals surface area contributed by atoms with Gasteiger partial charge in [-0.25, -0.2) is 0 Å². The maximum atomic E-state index is 11.8. The van der Waals surface area contributed by atoms with Crippen molar-refractivity contribution < 1.29 is 18.7 Å². The molecule has 0 saturated heterocycles. The smallest absolute Gasteiger partial charge is 0.361 e. The van der Waals surface area contributed by atoms with E-state index in [0.29, 0.717) is 36.2 Å². The van der Waals surface area contributed by atoms with Gasteiger partial charge in [0.05, 0.1) is 13.5 Å². The summed E-state index contributed by atoms with van der Waals surface area (Å²) in [5.41, 5.74) is 0.923. The Balaban J connectivity index is 2.31. The van der Waals surface area contributed by atoms with E-state index in [1.54, 1.807) is 25.3 Å². The van der Waals surface area contributed by atoms with Crippen molar-refractivity contribution in [2.75, 3.05) is 13.7 Å². The standard InChI is InChI=1S/C11H12N2O4/c1-16-8-2-3-9-10(6-8)17-11(13(9)15)4-5-12-7-14/h2-3,6-7H,4-5H2,1H3,(H,12,14). The number of nitrogens with zero attached hydrogens (tertiary/aromatic N) is 1. The SMILES string of the molecule is COc1ccc2c(c1)oc(CCNC=O)[n+]2[O-]. The number of fused-ring (bicyclic) bond motifs is 1. The Bertz CT molecular complexity index is 535. The number of hydrogen-bond acceptors (Lipinski definition) is 4. The van der Waals surface area contributed by atoms with Gasteiger partial charge in [-0.1, -0.05) is 0 Å². The summed E-state index contributed by atoms with van der Waals surface area (Å²) >= 11 is 0. The summed E-state index contributed by atoms with van der Waals surface area (Å²) in [5.74, 6) is 0.895. The van der Waals surface area contributed by atoms with Crippen LogP contribution < -0.4 is 14.8 Å². The molecule has 90 valence electrons. The fraction of sp³-hybridized carbons (Fsp3) is 0.273. The van der Waals surface area contributed by atoms with Crippen molar-refractivity contribution in [1.82, 2.24) is 5.32 Å². The first-order chi connectivity index (χ1) is 8.26. The Kier molecular flexibility index (Phi) is 3.13. The molecule has 1 N–H and O–H groups in total. The van der Waals surface area contributed by atoms with Crippen molar-refractivity contribution in [1.29, 1.82) is 0 Å². The molecule has 0 radical (unpaired) electrons. The van der Waals surface area contributed by atoms with Gasteiger partial charge in [0, 0.05) is 18.7 Å². The van der Waals surface area contributed by atoms with E-state index in [2.05, 4.69) is 5.32 Å². The quantitative estimate of drug-likeness (QED) is 0.352. The number of ether oxygens (including phenoxy) is 1. The predicted octanol–water partition coefficient (Wildman–Crippen LogP) is 0.363. The Hall–Kier alpha value is -2.24. The normalized spacial score (nSPS) is 10.4. The molecule has 0 spiro atoms. The van der Waals surface area contributed by atoms with Gasteiger partial charge in [-0.2, -0.15) is 0 Å². The van der Waals surface area contributed by atoms with Crippen molar-refractivity contribution in [2.45, 2.75) is 6.42 Å². The highest BCUT2D eigenvalue weighted by molar-refractivity contribution is 5.71. The maximum Gasteiger partial charge on any atom is 0.361 e. The molecule has 1 aromatic heterocycles. The Morgan fingerprint density at radius 1 is 1.59 bits per heavy atom. The third-order valence-electron chi connectivity index (χ3n) is 2.41. The number of oxazole rings is 1. The molecular weight excluding hydrogens is 224 g/mol. The lowest BCUT2D eigenvalue weighted by Gasteiger charge is -1.96. The third-order valence-corrected chi connectivity index (χ3v) is 2.41. The minimum Gasteiger partial charge on any atom is -0.616 e. The molecule has 1 heterocycles. The number of methoxy groups -OCH3 is 1. The third kappa shape index (κ3) is 2.15. The van der Waals surface area contributed by atoms with Crippen molar-refractivity contribution in [3.05, 3.63) is 29.3 Å². The summed E-state index contributed by atoms with van der Waals surface area (Å²) in [6, 6.07) is 4.99. The van der Waals surface area contributed by atoms with Crippen molar-refractivity contribution in [2.24, 2.45) is 0 Å². The highest BCUT2D eigenvalue weighted by Gasteiger charge is 2.17. The van der Waals surface area contributed by atoms with Gasteiger partial charge >= 0.3 is 5.89 Å². The molecule has 6 heteroatoms. The van der Waals surface area contributed by atoms with Crippen LogP contribution in [0.5, 0.6) is 5.75 Å². The summed E-state index contributed by atoms with van der Waals surface area (Å²) < 4.78 is 11.2. The van der Waals surface area contributed by atoms with Crippen LogP contribution >= 0.6 is 0 Å². The zero-order chi connectivity index (χ0) is 12.3. The topological polar surface area (TPSA) is 78.4 Å². The van der Waals surface area contributed by atoms with Gasteiger partial charge in [0.25, 0.3) is 5.52 Å². The van der Waals surface area contributed by atoms with E-state index < -0.39 is 0 Å². The first kappa shape index (κ1) is 11.3. The van der Waals surface area contributed by atoms with Crippen LogP contribution in [0.4, 0.5) is 0 Å². The van der Waals surface area contributed by atoms with E-state index in [4.69, 9.17) is 9.15 Å². The predicted molar refractivity (Wildman–Crippen MR) is 59.5 cm³/mol. The minimum atomic E-state index is 0.266. The maximum absolute atomic E-state index is 11.8. The van der Waals surface area contributed by atoms with Gasteiger partial charge < -0.3 is 19.7 Å². The second kappa shape index (κ2) is 4.73. The van der Waals surface area contributed by atoms with E-state index in [0.717, 1.165) is 4.73 Å². The van der Waals surface area contributed by atoms with Crippen molar-refractivity contribution >= 4 is 17.5 Å². The summed E-state index contributed by atoms with van der Waals surface area (Å²) in [5, 5.41) is 14.3. The molecule has 0 saturated carbocycles. The van der Waals surface area contributed by atoms with Crippen LogP contribution in [0.2, 0.25) is 0 Å². The molecule has 1 amide bonds. The first-order valence-corrected chi connectivity index (χ1v) is 5.12. The number of carbonyl (C=O) groups excluding carboxylic acids is 1. The van der Waals surface area contributed by atoms with Crippen LogP contribution in [0.3, 0.4) is 0 Å². The largest absolute Gasteiger partial charge is 0.616 e. The molecule has 0 atom stereocenters. The van der Waals surface area contributed by atoms with E-state index in [1.807, 2.05) is 0 Å². The molecule has 0 bridgehead atoms. The Morgan fingerprint density at radius 3 is 3.12 bits per heavy atom. The Morgan fingerprint density at radius 2 is 2.41 bits per heavy atom. The average Bonchev–Trinajstić information content (AvgIpc) is 2.66. The van der Waals surface area contributed by atoms with Gasteiger partial charge in [-0.3, -0.25) is 4.79 Å². The highest BCUT2D eigenvalue weighted by Crippen LogP contribution is 2.20. The van der Waals surface area contributed by atoms with Crippen LogP contribution in [-0.4, -0.2) is 20.1 Å². The van der Waals surface area contributed by atoms with Gasteiger partial charge in [-0.05, 0) is 6.07 Å². The fourth-order valence-corrected chi connectivity index (χ4v) is 1.56. The number of nitrogens with one attached hydrogen (secondary N) is 1. The number of carbonyl (C=O) groups is 1. The molecule has 1 aromatic carbocycles. The van der Waals surface area contributed by atoms with Crippen LogP contribution in [0.1, 0.15) is 5.89 Å². The van der Waals surface area contributed by atoms with Gasteiger partial charge in [-0.15, -0.1) is 4.73 Å². The molecule has 0 fully saturated rings. The Labute approximate surface area is 97.4 Å². The summed E-state index contributed by atoms with van der Waals surface area (Å²) in [6.07, 6.45) is 0.931. The lowest BCUT2D eigenvalue weighted by atomic mass is 10.3. The lowest BCUT2D eigenvalue weighted by Crippen LogP contribution is -2.31. The second-order valence-corrected chi connectivity index (χ2v) is 3.45. The zero-order valence-corrected chi connectivity index (χ0v) is 9.30. The van der Waals surface area contributed by atoms with Crippen LogP contribution in [0.15, 0.2) is 22.6 Å². The molecular formula is C11H12N2O4. The molecule has 0 unspecified atom stereocenters. The minimum absolute atomic E-state index is 0.266. The number of aromatic nitrogens is 1. The lowest BCUT2D eigenvalue weighted by molar-refractivity contribution is -0.592. The first-order valence-electron chi connectivity index (χ1n) is 5.12. The number of benzene rings is 1.